The molecular formula is C19H18ClFN2O3S. The molecule has 1 amide bonds. The Balaban J connectivity index is 1.83. The topological polar surface area (TPSA) is 60.5 Å². The number of carbonyl (C=O) groups is 1. The van der Waals surface area contributed by atoms with Gasteiger partial charge in [-0.3, -0.25) is 10.1 Å². The molecule has 5 nitrogen and oxygen atoms in total. The van der Waals surface area contributed by atoms with Gasteiger partial charge in [0.2, 0.25) is 0 Å². The summed E-state index contributed by atoms with van der Waals surface area (Å²) in [4.78, 5) is 16.9. The van der Waals surface area contributed by atoms with Crippen molar-refractivity contribution in [1.29, 1.82) is 0 Å². The van der Waals surface area contributed by atoms with Gasteiger partial charge in [-0.05, 0) is 36.2 Å². The van der Waals surface area contributed by atoms with E-state index in [2.05, 4.69) is 10.3 Å². The average Bonchev–Trinajstić information content (AvgIpc) is 3.00. The highest BCUT2D eigenvalue weighted by atomic mass is 35.5. The molecule has 0 spiro atoms. The highest BCUT2D eigenvalue weighted by Crippen LogP contribution is 2.37. The Hall–Kier alpha value is -2.38. The van der Waals surface area contributed by atoms with E-state index in [1.54, 1.807) is 12.1 Å². The van der Waals surface area contributed by atoms with Crippen LogP contribution in [0.2, 0.25) is 5.02 Å². The number of anilines is 1. The molecule has 1 heterocycles. The summed E-state index contributed by atoms with van der Waals surface area (Å²) in [7, 11) is 1.48. The van der Waals surface area contributed by atoms with Crippen molar-refractivity contribution in [2.45, 2.75) is 13.8 Å². The average molecular weight is 409 g/mol. The highest BCUT2D eigenvalue weighted by molar-refractivity contribution is 7.22. The summed E-state index contributed by atoms with van der Waals surface area (Å²) in [6.07, 6.45) is 0. The van der Waals surface area contributed by atoms with E-state index in [1.165, 1.54) is 36.6 Å². The molecule has 3 aromatic rings. The zero-order chi connectivity index (χ0) is 19.6. The molecule has 3 rings (SSSR count). The van der Waals surface area contributed by atoms with E-state index in [0.717, 1.165) is 0 Å². The Morgan fingerprint density at radius 1 is 1.33 bits per heavy atom. The first-order valence-corrected chi connectivity index (χ1v) is 9.44. The number of carbonyl (C=O) groups excluding carboxylic acids is 1. The van der Waals surface area contributed by atoms with Crippen LogP contribution < -0.4 is 14.8 Å². The molecule has 0 saturated heterocycles. The second kappa shape index (κ2) is 8.10. The Morgan fingerprint density at radius 2 is 2.11 bits per heavy atom. The molecule has 0 radical (unpaired) electrons. The van der Waals surface area contributed by atoms with Crippen LogP contribution >= 0.6 is 22.9 Å². The number of benzene rings is 2. The van der Waals surface area contributed by atoms with Crippen molar-refractivity contribution < 1.29 is 18.7 Å². The summed E-state index contributed by atoms with van der Waals surface area (Å²) in [6.45, 7) is 4.52. The highest BCUT2D eigenvalue weighted by Gasteiger charge is 2.17. The summed E-state index contributed by atoms with van der Waals surface area (Å²) in [6, 6.07) is 7.35. The van der Waals surface area contributed by atoms with Crippen molar-refractivity contribution >= 4 is 44.2 Å². The second-order valence-corrected chi connectivity index (χ2v) is 7.72. The van der Waals surface area contributed by atoms with E-state index in [-0.39, 0.29) is 10.8 Å². The maximum Gasteiger partial charge on any atom is 0.257 e. The van der Waals surface area contributed by atoms with Gasteiger partial charge in [-0.2, -0.15) is 0 Å². The number of thiazole rings is 1. The summed E-state index contributed by atoms with van der Waals surface area (Å²) in [5.41, 5.74) is 0.920. The lowest BCUT2D eigenvalue weighted by Gasteiger charge is -2.15. The molecule has 2 aromatic carbocycles. The van der Waals surface area contributed by atoms with Crippen LogP contribution in [0.15, 0.2) is 30.3 Å². The number of hydrogen-bond donors (Lipinski definition) is 1. The van der Waals surface area contributed by atoms with E-state index in [1.807, 2.05) is 13.8 Å². The van der Waals surface area contributed by atoms with Gasteiger partial charge in [0.25, 0.3) is 5.91 Å². The summed E-state index contributed by atoms with van der Waals surface area (Å²) in [5, 5.41) is 3.36. The van der Waals surface area contributed by atoms with Gasteiger partial charge in [-0.1, -0.05) is 36.8 Å². The van der Waals surface area contributed by atoms with Crippen molar-refractivity contribution in [2.75, 3.05) is 19.0 Å². The number of aromatic nitrogens is 1. The van der Waals surface area contributed by atoms with Crippen LogP contribution in [-0.2, 0) is 0 Å². The number of fused-ring (bicyclic) bond motifs is 1. The van der Waals surface area contributed by atoms with Crippen molar-refractivity contribution in [2.24, 2.45) is 5.92 Å². The fourth-order valence-corrected chi connectivity index (χ4v) is 3.51. The predicted molar refractivity (Wildman–Crippen MR) is 106 cm³/mol. The monoisotopic (exact) mass is 408 g/mol. The van der Waals surface area contributed by atoms with Gasteiger partial charge < -0.3 is 9.47 Å². The molecule has 142 valence electrons. The Labute approximate surface area is 165 Å². The summed E-state index contributed by atoms with van der Waals surface area (Å²) in [5.74, 6) is 0.347. The van der Waals surface area contributed by atoms with Crippen molar-refractivity contribution in [3.8, 4) is 11.5 Å². The van der Waals surface area contributed by atoms with Gasteiger partial charge in [0.1, 0.15) is 5.82 Å². The van der Waals surface area contributed by atoms with Crippen LogP contribution in [-0.4, -0.2) is 24.6 Å². The van der Waals surface area contributed by atoms with Crippen molar-refractivity contribution in [1.82, 2.24) is 4.98 Å². The largest absolute Gasteiger partial charge is 0.493 e. The minimum absolute atomic E-state index is 0.284. The summed E-state index contributed by atoms with van der Waals surface area (Å²) >= 11 is 7.48. The molecule has 27 heavy (non-hydrogen) atoms. The van der Waals surface area contributed by atoms with Gasteiger partial charge >= 0.3 is 0 Å². The fraction of sp³-hybridized carbons (Fsp3) is 0.263. The lowest BCUT2D eigenvalue weighted by Crippen LogP contribution is -2.12. The number of amides is 1. The molecular weight excluding hydrogens is 391 g/mol. The van der Waals surface area contributed by atoms with Gasteiger partial charge in [0.05, 0.1) is 29.0 Å². The Kier molecular flexibility index (Phi) is 5.82. The normalized spacial score (nSPS) is 11.0. The molecule has 0 bridgehead atoms. The van der Waals surface area contributed by atoms with Crippen molar-refractivity contribution in [3.05, 3.63) is 46.7 Å². The zero-order valence-corrected chi connectivity index (χ0v) is 16.6. The number of rotatable bonds is 6. The van der Waals surface area contributed by atoms with E-state index < -0.39 is 5.91 Å². The van der Waals surface area contributed by atoms with Crippen LogP contribution in [0.4, 0.5) is 9.52 Å². The third-order valence-corrected chi connectivity index (χ3v) is 4.84. The smallest absolute Gasteiger partial charge is 0.257 e. The van der Waals surface area contributed by atoms with Gasteiger partial charge in [-0.25, -0.2) is 9.37 Å². The molecule has 0 atom stereocenters. The third kappa shape index (κ3) is 4.48. The molecule has 0 unspecified atom stereocenters. The number of ether oxygens (including phenoxy) is 2. The minimum Gasteiger partial charge on any atom is -0.493 e. The van der Waals surface area contributed by atoms with Crippen molar-refractivity contribution in [3.63, 3.8) is 0 Å². The lowest BCUT2D eigenvalue weighted by atomic mass is 10.2. The zero-order valence-electron chi connectivity index (χ0n) is 15.0. The van der Waals surface area contributed by atoms with Crippen LogP contribution in [0.25, 0.3) is 10.2 Å². The predicted octanol–water partition coefficient (Wildman–Crippen LogP) is 5.38. The Bertz CT molecular complexity index is 990. The molecule has 0 fully saturated rings. The SMILES string of the molecule is COc1cc(C(=O)Nc2nc3ccc(F)cc3s2)cc(Cl)c1OCC(C)C. The first-order chi connectivity index (χ1) is 12.9. The standard InChI is InChI=1S/C19H18ClFN2O3S/c1-10(2)9-26-17-13(20)6-11(7-15(17)25-3)18(24)23-19-22-14-5-4-12(21)8-16(14)27-19/h4-8,10H,9H2,1-3H3,(H,22,23,24). The molecule has 0 aliphatic heterocycles. The van der Waals surface area contributed by atoms with Crippen LogP contribution in [0.3, 0.4) is 0 Å². The first-order valence-electron chi connectivity index (χ1n) is 8.25. The Morgan fingerprint density at radius 3 is 2.81 bits per heavy atom. The van der Waals surface area contributed by atoms with E-state index in [4.69, 9.17) is 21.1 Å². The maximum atomic E-state index is 13.3. The van der Waals surface area contributed by atoms with Crippen LogP contribution in [0.5, 0.6) is 11.5 Å². The van der Waals surface area contributed by atoms with E-state index >= 15 is 0 Å². The van der Waals surface area contributed by atoms with Gasteiger partial charge in [-0.15, -0.1) is 0 Å². The first kappa shape index (κ1) is 19.4. The maximum absolute atomic E-state index is 13.3. The molecule has 0 aliphatic rings. The van der Waals surface area contributed by atoms with Crippen LogP contribution in [0, 0.1) is 11.7 Å². The minimum atomic E-state index is -0.398. The van der Waals surface area contributed by atoms with Crippen LogP contribution in [0.1, 0.15) is 24.2 Å². The van der Waals surface area contributed by atoms with E-state index in [9.17, 15) is 9.18 Å². The second-order valence-electron chi connectivity index (χ2n) is 6.28. The van der Waals surface area contributed by atoms with Gasteiger partial charge in [0.15, 0.2) is 16.6 Å². The molecule has 8 heteroatoms. The van der Waals surface area contributed by atoms with E-state index in [0.29, 0.717) is 44.9 Å². The lowest BCUT2D eigenvalue weighted by molar-refractivity contribution is 0.102. The number of methoxy groups -OCH3 is 1. The fourth-order valence-electron chi connectivity index (χ4n) is 2.36. The summed E-state index contributed by atoms with van der Waals surface area (Å²) < 4.78 is 25.0. The van der Waals surface area contributed by atoms with Gasteiger partial charge in [0, 0.05) is 5.56 Å². The number of nitrogens with zero attached hydrogens (tertiary/aromatic N) is 1. The molecule has 1 N–H and O–H groups in total. The third-order valence-electron chi connectivity index (χ3n) is 3.62. The number of halogens is 2. The molecule has 0 aliphatic carbocycles. The quantitative estimate of drug-likeness (QED) is 0.594. The number of hydrogen-bond acceptors (Lipinski definition) is 5. The molecule has 1 aromatic heterocycles. The molecule has 0 saturated carbocycles. The number of nitrogens with one attached hydrogen (secondary N) is 1.